The quantitative estimate of drug-likeness (QED) is 0.819. The van der Waals surface area contributed by atoms with Gasteiger partial charge in [-0.25, -0.2) is 0 Å². The molecule has 0 spiro atoms. The molecule has 104 valence electrons. The molecule has 0 aliphatic heterocycles. The van der Waals surface area contributed by atoms with Crippen LogP contribution >= 0.6 is 0 Å². The van der Waals surface area contributed by atoms with Gasteiger partial charge in [-0.05, 0) is 35.7 Å². The van der Waals surface area contributed by atoms with E-state index in [1.165, 1.54) is 19.3 Å². The zero-order valence-electron chi connectivity index (χ0n) is 11.6. The molecule has 0 saturated heterocycles. The predicted octanol–water partition coefficient (Wildman–Crippen LogP) is 3.48. The smallest absolute Gasteiger partial charge is 0.253 e. The van der Waals surface area contributed by atoms with Crippen molar-refractivity contribution in [2.45, 2.75) is 38.1 Å². The minimum absolute atomic E-state index is 0.0415. The topological polar surface area (TPSA) is 55.1 Å². The van der Waals surface area contributed by atoms with Crippen LogP contribution in [0.25, 0.3) is 10.8 Å². The summed E-state index contributed by atoms with van der Waals surface area (Å²) in [5.41, 5.74) is 7.18. The molecule has 3 N–H and O–H groups in total. The van der Waals surface area contributed by atoms with Crippen molar-refractivity contribution in [3.8, 4) is 0 Å². The highest BCUT2D eigenvalue weighted by Gasteiger charge is 2.18. The summed E-state index contributed by atoms with van der Waals surface area (Å²) < 4.78 is 0. The Bertz CT molecular complexity index is 630. The lowest BCUT2D eigenvalue weighted by Crippen LogP contribution is -2.36. The summed E-state index contributed by atoms with van der Waals surface area (Å²) in [5, 5.41) is 5.24. The molecule has 1 aliphatic carbocycles. The third kappa shape index (κ3) is 2.62. The number of nitrogens with one attached hydrogen (secondary N) is 1. The third-order valence-electron chi connectivity index (χ3n) is 4.10. The highest BCUT2D eigenvalue weighted by atomic mass is 16.1. The number of carbonyl (C=O) groups is 1. The van der Waals surface area contributed by atoms with Gasteiger partial charge in [0, 0.05) is 11.7 Å². The first-order chi connectivity index (χ1) is 9.74. The Morgan fingerprint density at radius 3 is 2.40 bits per heavy atom. The number of amides is 1. The molecule has 0 bridgehead atoms. The van der Waals surface area contributed by atoms with Gasteiger partial charge in [0.1, 0.15) is 0 Å². The number of nitrogens with two attached hydrogens (primary N) is 1. The summed E-state index contributed by atoms with van der Waals surface area (Å²) in [6.07, 6.45) is 5.86. The van der Waals surface area contributed by atoms with E-state index in [0.717, 1.165) is 23.6 Å². The Balaban J connectivity index is 1.84. The van der Waals surface area contributed by atoms with Gasteiger partial charge in [0.25, 0.3) is 5.91 Å². The van der Waals surface area contributed by atoms with Crippen molar-refractivity contribution < 1.29 is 4.79 Å². The van der Waals surface area contributed by atoms with Gasteiger partial charge < -0.3 is 11.1 Å². The van der Waals surface area contributed by atoms with Crippen LogP contribution in [-0.2, 0) is 0 Å². The molecule has 0 aromatic heterocycles. The summed E-state index contributed by atoms with van der Waals surface area (Å²) in [4.78, 5) is 12.4. The van der Waals surface area contributed by atoms with Gasteiger partial charge in [0.15, 0.2) is 0 Å². The summed E-state index contributed by atoms with van der Waals surface area (Å²) >= 11 is 0. The lowest BCUT2D eigenvalue weighted by molar-refractivity contribution is 0.0929. The van der Waals surface area contributed by atoms with Gasteiger partial charge in [-0.1, -0.05) is 43.5 Å². The Labute approximate surface area is 119 Å². The normalized spacial score (nSPS) is 16.2. The van der Waals surface area contributed by atoms with Crippen LogP contribution in [0.15, 0.2) is 36.4 Å². The molecule has 3 rings (SSSR count). The van der Waals surface area contributed by atoms with Crippen molar-refractivity contribution in [1.82, 2.24) is 5.32 Å². The minimum atomic E-state index is -0.0415. The average Bonchev–Trinajstić information content (AvgIpc) is 2.47. The van der Waals surface area contributed by atoms with E-state index in [0.29, 0.717) is 17.3 Å². The molecule has 3 nitrogen and oxygen atoms in total. The summed E-state index contributed by atoms with van der Waals surface area (Å²) in [5.74, 6) is -0.0415. The number of benzene rings is 2. The fraction of sp³-hybridized carbons (Fsp3) is 0.353. The highest BCUT2D eigenvalue weighted by Crippen LogP contribution is 2.23. The van der Waals surface area contributed by atoms with Crippen LogP contribution < -0.4 is 11.1 Å². The molecule has 3 heteroatoms. The molecule has 1 fully saturated rings. The lowest BCUT2D eigenvalue weighted by atomic mass is 9.95. The second-order valence-corrected chi connectivity index (χ2v) is 5.60. The Hall–Kier alpha value is -2.03. The molecule has 1 aliphatic rings. The highest BCUT2D eigenvalue weighted by molar-refractivity contribution is 6.04. The SMILES string of the molecule is Nc1cc2ccccc2cc1C(=O)NC1CCCCC1. The molecular formula is C17H20N2O. The van der Waals surface area contributed by atoms with E-state index in [2.05, 4.69) is 5.32 Å². The van der Waals surface area contributed by atoms with Gasteiger partial charge in [-0.3, -0.25) is 4.79 Å². The Morgan fingerprint density at radius 1 is 1.05 bits per heavy atom. The van der Waals surface area contributed by atoms with Gasteiger partial charge in [0.05, 0.1) is 5.56 Å². The number of carbonyl (C=O) groups excluding carboxylic acids is 1. The van der Waals surface area contributed by atoms with E-state index in [4.69, 9.17) is 5.73 Å². The van der Waals surface area contributed by atoms with Crippen LogP contribution in [-0.4, -0.2) is 11.9 Å². The van der Waals surface area contributed by atoms with Crippen LogP contribution in [0.5, 0.6) is 0 Å². The molecule has 2 aromatic rings. The fourth-order valence-corrected chi connectivity index (χ4v) is 2.96. The van der Waals surface area contributed by atoms with Crippen molar-refractivity contribution in [3.05, 3.63) is 42.0 Å². The van der Waals surface area contributed by atoms with Crippen molar-refractivity contribution in [1.29, 1.82) is 0 Å². The molecular weight excluding hydrogens is 248 g/mol. The van der Waals surface area contributed by atoms with Crippen LogP contribution in [0.3, 0.4) is 0 Å². The standard InChI is InChI=1S/C17H20N2O/c18-16-11-13-7-5-4-6-12(13)10-15(16)17(20)19-14-8-2-1-3-9-14/h4-7,10-11,14H,1-3,8-9,18H2,(H,19,20). The fourth-order valence-electron chi connectivity index (χ4n) is 2.96. The van der Waals surface area contributed by atoms with E-state index >= 15 is 0 Å². The van der Waals surface area contributed by atoms with Crippen LogP contribution in [0.1, 0.15) is 42.5 Å². The Kier molecular flexibility index (Phi) is 3.59. The first-order valence-corrected chi connectivity index (χ1v) is 7.33. The Morgan fingerprint density at radius 2 is 1.70 bits per heavy atom. The maximum absolute atomic E-state index is 12.4. The largest absolute Gasteiger partial charge is 0.398 e. The number of fused-ring (bicyclic) bond motifs is 1. The number of rotatable bonds is 2. The second-order valence-electron chi connectivity index (χ2n) is 5.60. The first-order valence-electron chi connectivity index (χ1n) is 7.33. The average molecular weight is 268 g/mol. The maximum Gasteiger partial charge on any atom is 0.253 e. The zero-order valence-corrected chi connectivity index (χ0v) is 11.6. The number of nitrogen functional groups attached to an aromatic ring is 1. The van der Waals surface area contributed by atoms with Crippen LogP contribution in [0.4, 0.5) is 5.69 Å². The van der Waals surface area contributed by atoms with Gasteiger partial charge in [-0.15, -0.1) is 0 Å². The molecule has 1 saturated carbocycles. The van der Waals surface area contributed by atoms with E-state index in [1.54, 1.807) is 0 Å². The van der Waals surface area contributed by atoms with E-state index in [-0.39, 0.29) is 5.91 Å². The van der Waals surface area contributed by atoms with Crippen molar-refractivity contribution in [3.63, 3.8) is 0 Å². The minimum Gasteiger partial charge on any atom is -0.398 e. The summed E-state index contributed by atoms with van der Waals surface area (Å²) in [6.45, 7) is 0. The molecule has 0 radical (unpaired) electrons. The summed E-state index contributed by atoms with van der Waals surface area (Å²) in [6, 6.07) is 12.0. The second kappa shape index (κ2) is 5.53. The van der Waals surface area contributed by atoms with Crippen LogP contribution in [0.2, 0.25) is 0 Å². The molecule has 0 unspecified atom stereocenters. The maximum atomic E-state index is 12.4. The van der Waals surface area contributed by atoms with E-state index in [1.807, 2.05) is 36.4 Å². The van der Waals surface area contributed by atoms with E-state index in [9.17, 15) is 4.79 Å². The van der Waals surface area contributed by atoms with Crippen molar-refractivity contribution in [2.24, 2.45) is 0 Å². The first kappa shape index (κ1) is 13.0. The van der Waals surface area contributed by atoms with Crippen molar-refractivity contribution >= 4 is 22.4 Å². The number of hydrogen-bond acceptors (Lipinski definition) is 2. The van der Waals surface area contributed by atoms with Gasteiger partial charge in [0.2, 0.25) is 0 Å². The number of anilines is 1. The summed E-state index contributed by atoms with van der Waals surface area (Å²) in [7, 11) is 0. The zero-order chi connectivity index (χ0) is 13.9. The monoisotopic (exact) mass is 268 g/mol. The van der Waals surface area contributed by atoms with Gasteiger partial charge >= 0.3 is 0 Å². The van der Waals surface area contributed by atoms with Crippen molar-refractivity contribution in [2.75, 3.05) is 5.73 Å². The van der Waals surface area contributed by atoms with Crippen LogP contribution in [0, 0.1) is 0 Å². The predicted molar refractivity (Wildman–Crippen MR) is 82.7 cm³/mol. The molecule has 2 aromatic carbocycles. The third-order valence-corrected chi connectivity index (χ3v) is 4.10. The lowest BCUT2D eigenvalue weighted by Gasteiger charge is -2.23. The van der Waals surface area contributed by atoms with Gasteiger partial charge in [-0.2, -0.15) is 0 Å². The molecule has 0 atom stereocenters. The number of hydrogen-bond donors (Lipinski definition) is 2. The molecule has 1 amide bonds. The van der Waals surface area contributed by atoms with E-state index < -0.39 is 0 Å². The molecule has 0 heterocycles. The molecule has 20 heavy (non-hydrogen) atoms.